The van der Waals surface area contributed by atoms with Crippen molar-refractivity contribution in [3.05, 3.63) is 49.1 Å². The number of carbonyl (C=O) groups excluding carboxylic acids is 1. The molecule has 1 radical (unpaired) electrons. The van der Waals surface area contributed by atoms with Crippen LogP contribution in [-0.2, 0) is 7.05 Å². The Balaban J connectivity index is 1.95. The van der Waals surface area contributed by atoms with E-state index in [1.165, 1.54) is 11.8 Å². The van der Waals surface area contributed by atoms with Gasteiger partial charge in [0.1, 0.15) is 6.33 Å². The van der Waals surface area contributed by atoms with Crippen LogP contribution in [0.3, 0.4) is 0 Å². The predicted molar refractivity (Wildman–Crippen MR) is 82.5 cm³/mol. The van der Waals surface area contributed by atoms with Gasteiger partial charge in [0, 0.05) is 12.6 Å². The maximum absolute atomic E-state index is 12.0. The molecule has 103 valence electrons. The first kappa shape index (κ1) is 14.7. The van der Waals surface area contributed by atoms with Crippen molar-refractivity contribution in [1.29, 1.82) is 0 Å². The summed E-state index contributed by atoms with van der Waals surface area (Å²) < 4.78 is 1.77. The van der Waals surface area contributed by atoms with E-state index in [0.29, 0.717) is 15.7 Å². The van der Waals surface area contributed by atoms with Crippen LogP contribution in [-0.4, -0.2) is 30.9 Å². The van der Waals surface area contributed by atoms with Gasteiger partial charge in [-0.1, -0.05) is 42.2 Å². The van der Waals surface area contributed by atoms with Crippen LogP contribution in [0.25, 0.3) is 0 Å². The highest BCUT2D eigenvalue weighted by atomic mass is 32.2. The van der Waals surface area contributed by atoms with Gasteiger partial charge in [-0.3, -0.25) is 4.79 Å². The van der Waals surface area contributed by atoms with Gasteiger partial charge in [-0.25, -0.2) is 0 Å². The highest BCUT2D eigenvalue weighted by molar-refractivity contribution is 8.01. The lowest BCUT2D eigenvalue weighted by Crippen LogP contribution is -2.34. The third kappa shape index (κ3) is 3.64. The number of nitrogens with zero attached hydrogens (tertiary/aromatic N) is 3. The average molecular weight is 305 g/mol. The van der Waals surface area contributed by atoms with E-state index in [9.17, 15) is 4.79 Å². The van der Waals surface area contributed by atoms with E-state index in [2.05, 4.69) is 22.4 Å². The van der Waals surface area contributed by atoms with Gasteiger partial charge in [-0.05, 0) is 19.1 Å². The van der Waals surface area contributed by atoms with Crippen molar-refractivity contribution in [3.63, 3.8) is 0 Å². The molecule has 1 amide bonds. The smallest absolute Gasteiger partial charge is 0.256 e. The Morgan fingerprint density at radius 3 is 2.75 bits per heavy atom. The number of hydrogen-bond donors (Lipinski definition) is 1. The van der Waals surface area contributed by atoms with Gasteiger partial charge in [0.05, 0.1) is 10.2 Å². The topological polar surface area (TPSA) is 59.8 Å². The van der Waals surface area contributed by atoms with Gasteiger partial charge in [0.2, 0.25) is 0 Å². The van der Waals surface area contributed by atoms with E-state index in [0.717, 1.165) is 0 Å². The zero-order valence-electron chi connectivity index (χ0n) is 10.8. The number of rotatable bonds is 4. The second-order valence-electron chi connectivity index (χ2n) is 4.02. The quantitative estimate of drug-likeness (QED) is 0.690. The van der Waals surface area contributed by atoms with Crippen LogP contribution < -0.4 is 5.32 Å². The SMILES string of the molecule is [CH2]C(Sc1nncn1C)C(=S)NC(=O)c1ccccc1. The fourth-order valence-corrected chi connectivity index (χ4v) is 2.38. The van der Waals surface area contributed by atoms with Crippen LogP contribution in [0.2, 0.25) is 0 Å². The molecular weight excluding hydrogens is 292 g/mol. The number of nitrogens with one attached hydrogen (secondary N) is 1. The molecule has 0 spiro atoms. The number of hydrogen-bond acceptors (Lipinski definition) is 5. The summed E-state index contributed by atoms with van der Waals surface area (Å²) in [4.78, 5) is 12.3. The Kier molecular flexibility index (Phi) is 4.86. The van der Waals surface area contributed by atoms with Gasteiger partial charge < -0.3 is 9.88 Å². The number of thioether (sulfide) groups is 1. The van der Waals surface area contributed by atoms with Crippen molar-refractivity contribution in [2.24, 2.45) is 7.05 Å². The zero-order chi connectivity index (χ0) is 14.5. The fourth-order valence-electron chi connectivity index (χ4n) is 1.41. The summed E-state index contributed by atoms with van der Waals surface area (Å²) in [6.45, 7) is 3.93. The molecule has 1 unspecified atom stereocenters. The Morgan fingerprint density at radius 2 is 2.15 bits per heavy atom. The summed E-state index contributed by atoms with van der Waals surface area (Å²) in [5.41, 5.74) is 0.561. The van der Waals surface area contributed by atoms with E-state index in [1.54, 1.807) is 35.2 Å². The lowest BCUT2D eigenvalue weighted by atomic mass is 10.2. The highest BCUT2D eigenvalue weighted by Crippen LogP contribution is 2.20. The second kappa shape index (κ2) is 6.62. The summed E-state index contributed by atoms with van der Waals surface area (Å²) in [6.07, 6.45) is 1.60. The minimum Gasteiger partial charge on any atom is -0.315 e. The number of benzene rings is 1. The Bertz CT molecular complexity index is 612. The highest BCUT2D eigenvalue weighted by Gasteiger charge is 2.16. The molecule has 0 saturated heterocycles. The first-order valence-corrected chi connectivity index (χ1v) is 7.10. The molecule has 1 heterocycles. The summed E-state index contributed by atoms with van der Waals surface area (Å²) >= 11 is 6.54. The van der Waals surface area contributed by atoms with Gasteiger partial charge in [-0.2, -0.15) is 0 Å². The van der Waals surface area contributed by atoms with Gasteiger partial charge in [0.25, 0.3) is 5.91 Å². The van der Waals surface area contributed by atoms with Crippen molar-refractivity contribution in [3.8, 4) is 0 Å². The minimum absolute atomic E-state index is 0.234. The van der Waals surface area contributed by atoms with E-state index < -0.39 is 0 Å². The van der Waals surface area contributed by atoms with E-state index >= 15 is 0 Å². The fraction of sp³-hybridized carbons (Fsp3) is 0.154. The third-order valence-electron chi connectivity index (χ3n) is 2.48. The normalized spacial score (nSPS) is 11.9. The molecule has 20 heavy (non-hydrogen) atoms. The molecule has 5 nitrogen and oxygen atoms in total. The maximum Gasteiger partial charge on any atom is 0.256 e. The summed E-state index contributed by atoms with van der Waals surface area (Å²) in [5, 5.41) is 10.8. The van der Waals surface area contributed by atoms with Crippen LogP contribution in [0.15, 0.2) is 41.8 Å². The molecule has 0 aliphatic heterocycles. The summed E-state index contributed by atoms with van der Waals surface area (Å²) in [7, 11) is 1.83. The molecule has 7 heteroatoms. The van der Waals surface area contributed by atoms with Crippen molar-refractivity contribution < 1.29 is 4.79 Å². The Labute approximate surface area is 126 Å². The second-order valence-corrected chi connectivity index (χ2v) is 5.63. The van der Waals surface area contributed by atoms with Crippen LogP contribution >= 0.6 is 24.0 Å². The molecule has 1 N–H and O–H groups in total. The molecule has 0 fully saturated rings. The third-order valence-corrected chi connectivity index (χ3v) is 4.12. The van der Waals surface area contributed by atoms with Gasteiger partial charge in [-0.15, -0.1) is 10.2 Å². The molecule has 0 aliphatic rings. The first-order chi connectivity index (χ1) is 9.58. The summed E-state index contributed by atoms with van der Waals surface area (Å²) in [6, 6.07) is 8.91. The lowest BCUT2D eigenvalue weighted by molar-refractivity contribution is 0.0977. The van der Waals surface area contributed by atoms with Crippen molar-refractivity contribution in [2.45, 2.75) is 10.4 Å². The standard InChI is InChI=1S/C13H13N4OS2/c1-9(20-13-16-14-8-17(13)2)12(19)15-11(18)10-6-4-3-5-7-10/h3-9H,1H2,2H3,(H,15,18,19). The van der Waals surface area contributed by atoms with E-state index in [-0.39, 0.29) is 11.2 Å². The van der Waals surface area contributed by atoms with Crippen molar-refractivity contribution in [2.75, 3.05) is 0 Å². The van der Waals surface area contributed by atoms with Crippen LogP contribution in [0.1, 0.15) is 10.4 Å². The number of thiocarbonyl (C=S) groups is 1. The predicted octanol–water partition coefficient (Wildman–Crippen LogP) is 1.87. The van der Waals surface area contributed by atoms with Crippen molar-refractivity contribution in [1.82, 2.24) is 20.1 Å². The molecule has 2 aromatic rings. The Hall–Kier alpha value is -1.73. The zero-order valence-corrected chi connectivity index (χ0v) is 12.4. The average Bonchev–Trinajstić information content (AvgIpc) is 2.85. The molecular formula is C13H13N4OS2. The van der Waals surface area contributed by atoms with Crippen LogP contribution in [0.5, 0.6) is 0 Å². The Morgan fingerprint density at radius 1 is 1.45 bits per heavy atom. The van der Waals surface area contributed by atoms with Crippen molar-refractivity contribution >= 4 is 34.9 Å². The minimum atomic E-state index is -0.319. The molecule has 1 aromatic heterocycles. The molecule has 2 rings (SSSR count). The number of amides is 1. The monoisotopic (exact) mass is 305 g/mol. The maximum atomic E-state index is 12.0. The van der Waals surface area contributed by atoms with Gasteiger partial charge in [0.15, 0.2) is 5.16 Å². The molecule has 0 saturated carbocycles. The van der Waals surface area contributed by atoms with E-state index in [4.69, 9.17) is 12.2 Å². The number of carbonyl (C=O) groups is 1. The number of aryl methyl sites for hydroxylation is 1. The number of aromatic nitrogens is 3. The first-order valence-electron chi connectivity index (χ1n) is 5.82. The van der Waals surface area contributed by atoms with Crippen LogP contribution in [0, 0.1) is 6.92 Å². The van der Waals surface area contributed by atoms with Crippen LogP contribution in [0.4, 0.5) is 0 Å². The van der Waals surface area contributed by atoms with Gasteiger partial charge >= 0.3 is 0 Å². The molecule has 0 aliphatic carbocycles. The molecule has 0 bridgehead atoms. The summed E-state index contributed by atoms with van der Waals surface area (Å²) in [5.74, 6) is -0.234. The molecule has 1 atom stereocenters. The molecule has 1 aromatic carbocycles. The largest absolute Gasteiger partial charge is 0.315 e. The lowest BCUT2D eigenvalue weighted by Gasteiger charge is -2.13. The van der Waals surface area contributed by atoms with E-state index in [1.807, 2.05) is 13.1 Å².